The van der Waals surface area contributed by atoms with Gasteiger partial charge in [0.05, 0.1) is 12.7 Å². The Morgan fingerprint density at radius 1 is 1.56 bits per heavy atom. The summed E-state index contributed by atoms with van der Waals surface area (Å²) < 4.78 is 5.70. The van der Waals surface area contributed by atoms with Crippen molar-refractivity contribution < 1.29 is 9.84 Å². The zero-order valence-electron chi connectivity index (χ0n) is 11.1. The molecule has 1 heterocycles. The van der Waals surface area contributed by atoms with Crippen LogP contribution in [0.1, 0.15) is 18.5 Å². The number of benzene rings is 1. The molecule has 0 aromatic heterocycles. The first kappa shape index (κ1) is 13.3. The summed E-state index contributed by atoms with van der Waals surface area (Å²) in [4.78, 5) is 2.29. The largest absolute Gasteiger partial charge is 0.508 e. The molecule has 1 aliphatic rings. The highest BCUT2D eigenvalue weighted by Crippen LogP contribution is 2.17. The molecule has 0 bridgehead atoms. The summed E-state index contributed by atoms with van der Waals surface area (Å²) in [5.74, 6) is 0.315. The molecule has 1 fully saturated rings. The molecule has 2 unspecified atom stereocenters. The fraction of sp³-hybridized carbons (Fsp3) is 0.571. The zero-order valence-corrected chi connectivity index (χ0v) is 11.1. The third-order valence-electron chi connectivity index (χ3n) is 3.36. The lowest BCUT2D eigenvalue weighted by atomic mass is 10.1. The Kier molecular flexibility index (Phi) is 4.58. The number of likely N-dealkylation sites (N-methyl/N-ethyl adjacent to an activating group) is 1. The number of ether oxygens (including phenoxy) is 1. The number of nitrogens with one attached hydrogen (secondary N) is 1. The van der Waals surface area contributed by atoms with Crippen molar-refractivity contribution in [1.82, 2.24) is 10.2 Å². The van der Waals surface area contributed by atoms with Crippen molar-refractivity contribution in [2.24, 2.45) is 0 Å². The van der Waals surface area contributed by atoms with Crippen LogP contribution in [0.15, 0.2) is 24.3 Å². The quantitative estimate of drug-likeness (QED) is 0.847. The van der Waals surface area contributed by atoms with Gasteiger partial charge >= 0.3 is 0 Å². The molecular weight excluding hydrogens is 228 g/mol. The predicted molar refractivity (Wildman–Crippen MR) is 71.8 cm³/mol. The first-order chi connectivity index (χ1) is 8.65. The van der Waals surface area contributed by atoms with E-state index in [2.05, 4.69) is 24.2 Å². The van der Waals surface area contributed by atoms with Crippen molar-refractivity contribution in [3.8, 4) is 5.75 Å². The van der Waals surface area contributed by atoms with Crippen LogP contribution in [0, 0.1) is 0 Å². The first-order valence-corrected chi connectivity index (χ1v) is 6.47. The van der Waals surface area contributed by atoms with Crippen LogP contribution >= 0.6 is 0 Å². The second kappa shape index (κ2) is 6.18. The maximum absolute atomic E-state index is 9.45. The van der Waals surface area contributed by atoms with Crippen LogP contribution in [0.3, 0.4) is 0 Å². The number of hydrogen-bond donors (Lipinski definition) is 2. The number of hydrogen-bond acceptors (Lipinski definition) is 4. The third-order valence-corrected chi connectivity index (χ3v) is 3.36. The van der Waals surface area contributed by atoms with Gasteiger partial charge in [-0.25, -0.2) is 0 Å². The molecular formula is C14H22N2O2. The van der Waals surface area contributed by atoms with Gasteiger partial charge in [0.25, 0.3) is 0 Å². The van der Waals surface area contributed by atoms with Crippen LogP contribution in [0.5, 0.6) is 5.75 Å². The van der Waals surface area contributed by atoms with Crippen molar-refractivity contribution in [2.45, 2.75) is 19.1 Å². The number of phenolic OH excluding ortho intramolecular Hbond substituents is 1. The summed E-state index contributed by atoms with van der Waals surface area (Å²) in [5, 5.41) is 12.9. The molecule has 4 nitrogen and oxygen atoms in total. The highest BCUT2D eigenvalue weighted by atomic mass is 16.5. The van der Waals surface area contributed by atoms with Gasteiger partial charge in [-0.15, -0.1) is 0 Å². The lowest BCUT2D eigenvalue weighted by molar-refractivity contribution is -0.0190. The minimum atomic E-state index is 0.216. The van der Waals surface area contributed by atoms with Crippen molar-refractivity contribution in [1.29, 1.82) is 0 Å². The molecule has 0 radical (unpaired) electrons. The van der Waals surface area contributed by atoms with E-state index in [0.717, 1.165) is 31.8 Å². The smallest absolute Gasteiger partial charge is 0.115 e. The van der Waals surface area contributed by atoms with Crippen LogP contribution in [-0.2, 0) is 4.74 Å². The zero-order chi connectivity index (χ0) is 13.0. The maximum atomic E-state index is 9.45. The molecule has 2 rings (SSSR count). The Balaban J connectivity index is 1.82. The molecule has 1 aromatic rings. The molecule has 0 amide bonds. The van der Waals surface area contributed by atoms with Gasteiger partial charge in [-0.05, 0) is 31.7 Å². The number of morpholine rings is 1. The Bertz CT molecular complexity index is 384. The summed E-state index contributed by atoms with van der Waals surface area (Å²) in [5.41, 5.74) is 1.10. The summed E-state index contributed by atoms with van der Waals surface area (Å²) in [6.07, 6.45) is 0.253. The van der Waals surface area contributed by atoms with E-state index in [9.17, 15) is 5.11 Å². The van der Waals surface area contributed by atoms with E-state index in [0.29, 0.717) is 5.75 Å². The fourth-order valence-corrected chi connectivity index (χ4v) is 2.21. The van der Waals surface area contributed by atoms with Gasteiger partial charge in [-0.2, -0.15) is 0 Å². The second-order valence-corrected chi connectivity index (χ2v) is 4.98. The molecule has 2 N–H and O–H groups in total. The van der Waals surface area contributed by atoms with Gasteiger partial charge < -0.3 is 20.1 Å². The average molecular weight is 250 g/mol. The average Bonchev–Trinajstić information content (AvgIpc) is 2.36. The van der Waals surface area contributed by atoms with E-state index in [1.807, 2.05) is 12.1 Å². The Hall–Kier alpha value is -1.10. The van der Waals surface area contributed by atoms with Crippen LogP contribution < -0.4 is 5.32 Å². The maximum Gasteiger partial charge on any atom is 0.115 e. The van der Waals surface area contributed by atoms with Crippen molar-refractivity contribution in [3.05, 3.63) is 29.8 Å². The highest BCUT2D eigenvalue weighted by Gasteiger charge is 2.18. The molecule has 0 aliphatic carbocycles. The SMILES string of the molecule is CC(NCC1CN(C)CCO1)c1cccc(O)c1. The Morgan fingerprint density at radius 2 is 2.39 bits per heavy atom. The summed E-state index contributed by atoms with van der Waals surface area (Å²) >= 11 is 0. The number of nitrogens with zero attached hydrogens (tertiary/aromatic N) is 1. The standard InChI is InChI=1S/C14H22N2O2/c1-11(12-4-3-5-13(17)8-12)15-9-14-10-16(2)6-7-18-14/h3-5,8,11,14-15,17H,6-7,9-10H2,1-2H3. The molecule has 1 saturated heterocycles. The number of rotatable bonds is 4. The lowest BCUT2D eigenvalue weighted by Crippen LogP contribution is -2.45. The molecule has 1 aliphatic heterocycles. The van der Waals surface area contributed by atoms with Gasteiger partial charge in [0.2, 0.25) is 0 Å². The number of aromatic hydroxyl groups is 1. The van der Waals surface area contributed by atoms with E-state index in [-0.39, 0.29) is 12.1 Å². The highest BCUT2D eigenvalue weighted by molar-refractivity contribution is 5.28. The van der Waals surface area contributed by atoms with Crippen molar-refractivity contribution >= 4 is 0 Å². The van der Waals surface area contributed by atoms with Crippen molar-refractivity contribution in [2.75, 3.05) is 33.3 Å². The van der Waals surface area contributed by atoms with Gasteiger partial charge in [-0.3, -0.25) is 0 Å². The molecule has 2 atom stereocenters. The van der Waals surface area contributed by atoms with Gasteiger partial charge in [0.1, 0.15) is 5.75 Å². The van der Waals surface area contributed by atoms with E-state index in [4.69, 9.17) is 4.74 Å². The molecule has 0 spiro atoms. The molecule has 0 saturated carbocycles. The molecule has 1 aromatic carbocycles. The van der Waals surface area contributed by atoms with Gasteiger partial charge in [0.15, 0.2) is 0 Å². The second-order valence-electron chi connectivity index (χ2n) is 4.98. The van der Waals surface area contributed by atoms with E-state index in [1.165, 1.54) is 0 Å². The number of phenols is 1. The Labute approximate surface area is 109 Å². The normalized spacial score (nSPS) is 22.9. The van der Waals surface area contributed by atoms with Crippen LogP contribution in [0.25, 0.3) is 0 Å². The topological polar surface area (TPSA) is 44.7 Å². The summed E-state index contributed by atoms with van der Waals surface area (Å²) in [7, 11) is 2.12. The fourth-order valence-electron chi connectivity index (χ4n) is 2.21. The van der Waals surface area contributed by atoms with Crippen LogP contribution in [0.4, 0.5) is 0 Å². The lowest BCUT2D eigenvalue weighted by Gasteiger charge is -2.31. The van der Waals surface area contributed by atoms with Crippen LogP contribution in [-0.4, -0.2) is 49.4 Å². The monoisotopic (exact) mass is 250 g/mol. The van der Waals surface area contributed by atoms with Gasteiger partial charge in [-0.1, -0.05) is 12.1 Å². The van der Waals surface area contributed by atoms with E-state index >= 15 is 0 Å². The first-order valence-electron chi connectivity index (χ1n) is 6.47. The minimum Gasteiger partial charge on any atom is -0.508 e. The van der Waals surface area contributed by atoms with Crippen LogP contribution in [0.2, 0.25) is 0 Å². The predicted octanol–water partition coefficient (Wildman–Crippen LogP) is 1.37. The Morgan fingerprint density at radius 3 is 3.11 bits per heavy atom. The van der Waals surface area contributed by atoms with Gasteiger partial charge in [0, 0.05) is 25.7 Å². The van der Waals surface area contributed by atoms with E-state index in [1.54, 1.807) is 12.1 Å². The minimum absolute atomic E-state index is 0.216. The summed E-state index contributed by atoms with van der Waals surface area (Å²) in [6.45, 7) is 5.73. The van der Waals surface area contributed by atoms with E-state index < -0.39 is 0 Å². The molecule has 18 heavy (non-hydrogen) atoms. The molecule has 4 heteroatoms. The summed E-state index contributed by atoms with van der Waals surface area (Å²) in [6, 6.07) is 7.59. The molecule has 100 valence electrons. The van der Waals surface area contributed by atoms with Crippen molar-refractivity contribution in [3.63, 3.8) is 0 Å². The third kappa shape index (κ3) is 3.70.